The molecule has 0 aliphatic carbocycles. The molecule has 0 saturated carbocycles. The van der Waals surface area contributed by atoms with Crippen LogP contribution in [0.2, 0.25) is 0 Å². The van der Waals surface area contributed by atoms with Crippen LogP contribution >= 0.6 is 15.9 Å². The van der Waals surface area contributed by atoms with Crippen LogP contribution in [0.3, 0.4) is 0 Å². The molecule has 0 radical (unpaired) electrons. The molecule has 1 atom stereocenters. The topological polar surface area (TPSA) is 49.4 Å². The molecule has 1 saturated heterocycles. The van der Waals surface area contributed by atoms with Crippen LogP contribution < -0.4 is 5.32 Å². The number of nitrogens with zero attached hydrogens (tertiary/aromatic N) is 1. The Balaban J connectivity index is 2.00. The van der Waals surface area contributed by atoms with Crippen molar-refractivity contribution in [2.75, 3.05) is 18.4 Å². The monoisotopic (exact) mass is 338 g/mol. The van der Waals surface area contributed by atoms with E-state index in [1.54, 1.807) is 11.8 Å². The summed E-state index contributed by atoms with van der Waals surface area (Å²) >= 11 is 3.46. The first-order valence-electron chi connectivity index (χ1n) is 6.80. The minimum absolute atomic E-state index is 0.00768. The molecule has 0 bridgehead atoms. The Morgan fingerprint density at radius 3 is 2.80 bits per heavy atom. The van der Waals surface area contributed by atoms with E-state index in [0.29, 0.717) is 6.54 Å². The van der Waals surface area contributed by atoms with E-state index in [2.05, 4.69) is 21.2 Å². The molecular formula is C15H19BrN2O2. The summed E-state index contributed by atoms with van der Waals surface area (Å²) < 4.78 is 0.976. The van der Waals surface area contributed by atoms with Crippen molar-refractivity contribution in [3.63, 3.8) is 0 Å². The molecule has 4 nitrogen and oxygen atoms in total. The number of hydrogen-bond acceptors (Lipinski definition) is 2. The summed E-state index contributed by atoms with van der Waals surface area (Å²) in [6, 6.07) is 5.75. The van der Waals surface area contributed by atoms with Gasteiger partial charge < -0.3 is 10.2 Å². The molecule has 1 unspecified atom stereocenters. The van der Waals surface area contributed by atoms with E-state index in [9.17, 15) is 9.59 Å². The number of likely N-dealkylation sites (tertiary alicyclic amines) is 1. The van der Waals surface area contributed by atoms with Gasteiger partial charge in [0.15, 0.2) is 0 Å². The number of aryl methyl sites for hydroxylation is 1. The Hall–Kier alpha value is -1.36. The third kappa shape index (κ3) is 3.60. The summed E-state index contributed by atoms with van der Waals surface area (Å²) in [5.74, 6) is -0.0833. The maximum absolute atomic E-state index is 12.3. The molecule has 5 heteroatoms. The predicted molar refractivity (Wildman–Crippen MR) is 82.5 cm³/mol. The second-order valence-electron chi connectivity index (χ2n) is 5.26. The normalized spacial score (nSPS) is 18.8. The van der Waals surface area contributed by atoms with Crippen molar-refractivity contribution in [2.45, 2.75) is 26.7 Å². The highest BCUT2D eigenvalue weighted by atomic mass is 79.9. The molecular weight excluding hydrogens is 320 g/mol. The van der Waals surface area contributed by atoms with E-state index in [0.717, 1.165) is 35.1 Å². The summed E-state index contributed by atoms with van der Waals surface area (Å²) in [5, 5.41) is 2.93. The largest absolute Gasteiger partial charge is 0.342 e. The quantitative estimate of drug-likeness (QED) is 0.901. The van der Waals surface area contributed by atoms with Gasteiger partial charge in [-0.05, 0) is 37.5 Å². The van der Waals surface area contributed by atoms with Crippen LogP contribution in [-0.2, 0) is 9.59 Å². The van der Waals surface area contributed by atoms with Crippen molar-refractivity contribution < 1.29 is 9.59 Å². The van der Waals surface area contributed by atoms with Crippen LogP contribution in [0, 0.1) is 12.8 Å². The number of hydrogen-bond donors (Lipinski definition) is 1. The van der Waals surface area contributed by atoms with E-state index in [4.69, 9.17) is 0 Å². The Kier molecular flexibility index (Phi) is 4.81. The zero-order valence-corrected chi connectivity index (χ0v) is 13.4. The summed E-state index contributed by atoms with van der Waals surface area (Å²) in [6.45, 7) is 4.84. The van der Waals surface area contributed by atoms with Crippen molar-refractivity contribution in [3.8, 4) is 0 Å². The molecule has 1 fully saturated rings. The number of nitrogens with one attached hydrogen (secondary N) is 1. The van der Waals surface area contributed by atoms with E-state index < -0.39 is 0 Å². The SMILES string of the molecule is CC(=O)N1CCCC(C(=O)Nc2ccc(C)c(Br)c2)C1. The minimum Gasteiger partial charge on any atom is -0.342 e. The van der Waals surface area contributed by atoms with Crippen LogP contribution in [0.5, 0.6) is 0 Å². The molecule has 1 heterocycles. The van der Waals surface area contributed by atoms with Crippen molar-refractivity contribution in [3.05, 3.63) is 28.2 Å². The maximum Gasteiger partial charge on any atom is 0.229 e. The van der Waals surface area contributed by atoms with Gasteiger partial charge in [0.2, 0.25) is 11.8 Å². The van der Waals surface area contributed by atoms with Gasteiger partial charge in [0.1, 0.15) is 0 Å². The van der Waals surface area contributed by atoms with Gasteiger partial charge in [-0.25, -0.2) is 0 Å². The third-order valence-electron chi connectivity index (χ3n) is 3.68. The fraction of sp³-hybridized carbons (Fsp3) is 0.467. The first-order chi connectivity index (χ1) is 9.47. The van der Waals surface area contributed by atoms with Crippen LogP contribution in [-0.4, -0.2) is 29.8 Å². The summed E-state index contributed by atoms with van der Waals surface area (Å²) in [7, 11) is 0. The van der Waals surface area contributed by atoms with Gasteiger partial charge in [-0.15, -0.1) is 0 Å². The van der Waals surface area contributed by atoms with E-state index in [1.165, 1.54) is 0 Å². The first kappa shape index (κ1) is 15.0. The Morgan fingerprint density at radius 2 is 2.15 bits per heavy atom. The summed E-state index contributed by atoms with van der Waals surface area (Å²) in [5.41, 5.74) is 1.91. The molecule has 0 spiro atoms. The molecule has 20 heavy (non-hydrogen) atoms. The molecule has 1 aromatic carbocycles. The van der Waals surface area contributed by atoms with Gasteiger partial charge in [-0.3, -0.25) is 9.59 Å². The summed E-state index contributed by atoms with van der Waals surface area (Å²) in [6.07, 6.45) is 1.72. The minimum atomic E-state index is -0.118. The molecule has 1 aromatic rings. The maximum atomic E-state index is 12.3. The van der Waals surface area contributed by atoms with Gasteiger partial charge >= 0.3 is 0 Å². The smallest absolute Gasteiger partial charge is 0.229 e. The van der Waals surface area contributed by atoms with Gasteiger partial charge in [0.05, 0.1) is 5.92 Å². The number of piperidine rings is 1. The first-order valence-corrected chi connectivity index (χ1v) is 7.59. The lowest BCUT2D eigenvalue weighted by atomic mass is 9.97. The van der Waals surface area contributed by atoms with Crippen LogP contribution in [0.1, 0.15) is 25.3 Å². The van der Waals surface area contributed by atoms with Gasteiger partial charge in [0, 0.05) is 30.2 Å². The number of anilines is 1. The lowest BCUT2D eigenvalue weighted by Gasteiger charge is -2.31. The molecule has 1 N–H and O–H groups in total. The second-order valence-corrected chi connectivity index (χ2v) is 6.11. The molecule has 2 amide bonds. The predicted octanol–water partition coefficient (Wildman–Crippen LogP) is 2.95. The van der Waals surface area contributed by atoms with Crippen molar-refractivity contribution in [2.24, 2.45) is 5.92 Å². The second kappa shape index (κ2) is 6.39. The highest BCUT2D eigenvalue weighted by Gasteiger charge is 2.26. The number of rotatable bonds is 2. The van der Waals surface area contributed by atoms with Crippen LogP contribution in [0.15, 0.2) is 22.7 Å². The van der Waals surface area contributed by atoms with Crippen molar-refractivity contribution >= 4 is 33.4 Å². The zero-order chi connectivity index (χ0) is 14.7. The summed E-state index contributed by atoms with van der Waals surface area (Å²) in [4.78, 5) is 25.4. The van der Waals surface area contributed by atoms with Gasteiger partial charge in [-0.1, -0.05) is 22.0 Å². The van der Waals surface area contributed by atoms with E-state index in [1.807, 2.05) is 25.1 Å². The average molecular weight is 339 g/mol. The Morgan fingerprint density at radius 1 is 1.40 bits per heavy atom. The molecule has 0 aromatic heterocycles. The number of carbonyl (C=O) groups is 2. The Bertz CT molecular complexity index is 531. The number of benzene rings is 1. The molecule has 1 aliphatic heterocycles. The average Bonchev–Trinajstić information content (AvgIpc) is 2.43. The Labute approximate surface area is 127 Å². The molecule has 1 aliphatic rings. The zero-order valence-electron chi connectivity index (χ0n) is 11.8. The van der Waals surface area contributed by atoms with Crippen LogP contribution in [0.4, 0.5) is 5.69 Å². The van der Waals surface area contributed by atoms with E-state index in [-0.39, 0.29) is 17.7 Å². The number of carbonyl (C=O) groups excluding carboxylic acids is 2. The van der Waals surface area contributed by atoms with E-state index >= 15 is 0 Å². The lowest BCUT2D eigenvalue weighted by Crippen LogP contribution is -2.42. The highest BCUT2D eigenvalue weighted by molar-refractivity contribution is 9.10. The number of amides is 2. The fourth-order valence-corrected chi connectivity index (χ4v) is 2.77. The standard InChI is InChI=1S/C15H19BrN2O2/c1-10-5-6-13(8-14(10)16)17-15(20)12-4-3-7-18(9-12)11(2)19/h5-6,8,12H,3-4,7,9H2,1-2H3,(H,17,20). The fourth-order valence-electron chi connectivity index (χ4n) is 2.39. The van der Waals surface area contributed by atoms with Gasteiger partial charge in [-0.2, -0.15) is 0 Å². The van der Waals surface area contributed by atoms with Crippen LogP contribution in [0.25, 0.3) is 0 Å². The van der Waals surface area contributed by atoms with Gasteiger partial charge in [0.25, 0.3) is 0 Å². The highest BCUT2D eigenvalue weighted by Crippen LogP contribution is 2.23. The number of halogens is 1. The third-order valence-corrected chi connectivity index (χ3v) is 4.53. The molecule has 2 rings (SSSR count). The van der Waals surface area contributed by atoms with Crippen molar-refractivity contribution in [1.29, 1.82) is 0 Å². The molecule has 108 valence electrons. The lowest BCUT2D eigenvalue weighted by molar-refractivity contribution is -0.132. The van der Waals surface area contributed by atoms with Crippen molar-refractivity contribution in [1.82, 2.24) is 4.90 Å².